The number of carbonyl (C=O) groups is 1. The van der Waals surface area contributed by atoms with Crippen LogP contribution in [0.15, 0.2) is 53.3 Å². The second-order valence-electron chi connectivity index (χ2n) is 6.27. The van der Waals surface area contributed by atoms with Crippen molar-refractivity contribution in [2.24, 2.45) is 7.05 Å². The summed E-state index contributed by atoms with van der Waals surface area (Å²) in [7, 11) is 1.54. The van der Waals surface area contributed by atoms with Crippen molar-refractivity contribution in [1.29, 1.82) is 0 Å². The van der Waals surface area contributed by atoms with Gasteiger partial charge < -0.3 is 9.88 Å². The molecule has 0 atom stereocenters. The average Bonchev–Trinajstić information content (AvgIpc) is 3.06. The van der Waals surface area contributed by atoms with Gasteiger partial charge in [0.25, 0.3) is 11.5 Å². The first-order chi connectivity index (χ1) is 13.1. The standard InChI is InChI=1S/C20H19N5O2/c1-3-25-16-11-7-6-10-15(16)22-17(25)12-21-19(26)18-13-8-4-5-9-14(13)20(27)24(2)23-18/h4-11H,3,12H2,1-2H3,(H,21,26). The second-order valence-corrected chi connectivity index (χ2v) is 6.27. The number of amides is 1. The number of fused-ring (bicyclic) bond motifs is 2. The van der Waals surface area contributed by atoms with E-state index in [9.17, 15) is 9.59 Å². The molecule has 136 valence electrons. The first-order valence-electron chi connectivity index (χ1n) is 8.78. The van der Waals surface area contributed by atoms with Gasteiger partial charge in [-0.3, -0.25) is 9.59 Å². The van der Waals surface area contributed by atoms with Gasteiger partial charge in [0.15, 0.2) is 5.69 Å². The molecule has 2 aromatic heterocycles. The summed E-state index contributed by atoms with van der Waals surface area (Å²) in [5.41, 5.74) is 1.94. The summed E-state index contributed by atoms with van der Waals surface area (Å²) in [4.78, 5) is 29.6. The first-order valence-corrected chi connectivity index (χ1v) is 8.78. The van der Waals surface area contributed by atoms with Crippen LogP contribution in [-0.2, 0) is 20.1 Å². The van der Waals surface area contributed by atoms with Crippen molar-refractivity contribution in [3.63, 3.8) is 0 Å². The summed E-state index contributed by atoms with van der Waals surface area (Å²) in [6.45, 7) is 3.08. The maximum absolute atomic E-state index is 12.8. The fourth-order valence-electron chi connectivity index (χ4n) is 3.32. The topological polar surface area (TPSA) is 81.8 Å². The van der Waals surface area contributed by atoms with Crippen LogP contribution in [0.3, 0.4) is 0 Å². The van der Waals surface area contributed by atoms with Crippen molar-refractivity contribution in [1.82, 2.24) is 24.6 Å². The minimum absolute atomic E-state index is 0.227. The quantitative estimate of drug-likeness (QED) is 0.604. The van der Waals surface area contributed by atoms with Crippen molar-refractivity contribution in [2.45, 2.75) is 20.0 Å². The van der Waals surface area contributed by atoms with Gasteiger partial charge in [-0.1, -0.05) is 30.3 Å². The van der Waals surface area contributed by atoms with Gasteiger partial charge in [0.2, 0.25) is 0 Å². The van der Waals surface area contributed by atoms with E-state index >= 15 is 0 Å². The van der Waals surface area contributed by atoms with E-state index in [1.165, 1.54) is 4.68 Å². The molecule has 0 aliphatic heterocycles. The molecule has 0 aliphatic rings. The van der Waals surface area contributed by atoms with Crippen LogP contribution in [0.4, 0.5) is 0 Å². The number of benzene rings is 2. The highest BCUT2D eigenvalue weighted by atomic mass is 16.2. The van der Waals surface area contributed by atoms with Gasteiger partial charge in [-0.25, -0.2) is 9.67 Å². The molecule has 0 bridgehead atoms. The SMILES string of the molecule is CCn1c(CNC(=O)c2nn(C)c(=O)c3ccccc23)nc2ccccc21. The predicted octanol–water partition coefficient (Wildman–Crippen LogP) is 2.23. The Balaban J connectivity index is 1.67. The number of rotatable bonds is 4. The number of hydrogen-bond donors (Lipinski definition) is 1. The predicted molar refractivity (Wildman–Crippen MR) is 104 cm³/mol. The van der Waals surface area contributed by atoms with Crippen LogP contribution in [-0.4, -0.2) is 25.2 Å². The van der Waals surface area contributed by atoms with E-state index in [4.69, 9.17) is 0 Å². The maximum Gasteiger partial charge on any atom is 0.274 e. The number of hydrogen-bond acceptors (Lipinski definition) is 4. The van der Waals surface area contributed by atoms with E-state index in [1.807, 2.05) is 31.2 Å². The number of imidazole rings is 1. The van der Waals surface area contributed by atoms with Gasteiger partial charge in [0, 0.05) is 19.0 Å². The highest BCUT2D eigenvalue weighted by molar-refractivity contribution is 6.04. The summed E-state index contributed by atoms with van der Waals surface area (Å²) in [6, 6.07) is 14.9. The number of para-hydroxylation sites is 2. The summed E-state index contributed by atoms with van der Waals surface area (Å²) >= 11 is 0. The Bertz CT molecular complexity index is 1220. The smallest absolute Gasteiger partial charge is 0.274 e. The van der Waals surface area contributed by atoms with Crippen molar-refractivity contribution in [2.75, 3.05) is 0 Å². The highest BCUT2D eigenvalue weighted by Crippen LogP contribution is 2.16. The molecule has 0 unspecified atom stereocenters. The molecule has 0 saturated carbocycles. The summed E-state index contributed by atoms with van der Waals surface area (Å²) in [5.74, 6) is 0.442. The van der Waals surface area contributed by atoms with Crippen LogP contribution >= 0.6 is 0 Å². The molecule has 2 aromatic carbocycles. The molecule has 27 heavy (non-hydrogen) atoms. The first kappa shape index (κ1) is 17.0. The van der Waals surface area contributed by atoms with Crippen molar-refractivity contribution in [3.05, 3.63) is 70.4 Å². The van der Waals surface area contributed by atoms with Gasteiger partial charge in [0.05, 0.1) is 23.0 Å². The normalized spacial score (nSPS) is 11.2. The fraction of sp³-hybridized carbons (Fsp3) is 0.200. The van der Waals surface area contributed by atoms with Crippen LogP contribution in [0.2, 0.25) is 0 Å². The second kappa shape index (κ2) is 6.68. The largest absolute Gasteiger partial charge is 0.343 e. The van der Waals surface area contributed by atoms with Crippen molar-refractivity contribution < 1.29 is 4.79 Å². The van der Waals surface area contributed by atoms with Crippen LogP contribution < -0.4 is 10.9 Å². The zero-order valence-corrected chi connectivity index (χ0v) is 15.1. The Morgan fingerprint density at radius 1 is 1.07 bits per heavy atom. The van der Waals surface area contributed by atoms with E-state index in [1.54, 1.807) is 31.3 Å². The van der Waals surface area contributed by atoms with Crippen LogP contribution in [0.1, 0.15) is 23.2 Å². The third-order valence-corrected chi connectivity index (χ3v) is 4.63. The Hall–Kier alpha value is -3.48. The van der Waals surface area contributed by atoms with Gasteiger partial charge in [-0.15, -0.1) is 0 Å². The molecule has 2 heterocycles. The van der Waals surface area contributed by atoms with Crippen LogP contribution in [0, 0.1) is 0 Å². The number of nitrogens with zero attached hydrogens (tertiary/aromatic N) is 4. The molecule has 1 N–H and O–H groups in total. The Morgan fingerprint density at radius 2 is 1.78 bits per heavy atom. The minimum Gasteiger partial charge on any atom is -0.343 e. The number of aromatic nitrogens is 4. The van der Waals surface area contributed by atoms with Crippen LogP contribution in [0.5, 0.6) is 0 Å². The van der Waals surface area contributed by atoms with E-state index in [0.29, 0.717) is 10.8 Å². The zero-order valence-electron chi connectivity index (χ0n) is 15.1. The molecule has 0 aliphatic carbocycles. The third-order valence-electron chi connectivity index (χ3n) is 4.63. The molecular weight excluding hydrogens is 342 g/mol. The summed E-state index contributed by atoms with van der Waals surface area (Å²) < 4.78 is 3.26. The monoisotopic (exact) mass is 361 g/mol. The molecule has 4 aromatic rings. The molecule has 1 amide bonds. The van der Waals surface area contributed by atoms with E-state index in [-0.39, 0.29) is 23.7 Å². The van der Waals surface area contributed by atoms with Crippen molar-refractivity contribution in [3.8, 4) is 0 Å². The number of nitrogens with one attached hydrogen (secondary N) is 1. The van der Waals surface area contributed by atoms with E-state index in [2.05, 4.69) is 20.0 Å². The maximum atomic E-state index is 12.8. The average molecular weight is 361 g/mol. The molecule has 0 spiro atoms. The van der Waals surface area contributed by atoms with Gasteiger partial charge >= 0.3 is 0 Å². The molecule has 7 nitrogen and oxygen atoms in total. The zero-order chi connectivity index (χ0) is 19.0. The highest BCUT2D eigenvalue weighted by Gasteiger charge is 2.17. The minimum atomic E-state index is -0.337. The Morgan fingerprint density at radius 3 is 2.56 bits per heavy atom. The third kappa shape index (κ3) is 2.87. The van der Waals surface area contributed by atoms with Gasteiger partial charge in [0.1, 0.15) is 5.82 Å². The van der Waals surface area contributed by atoms with E-state index < -0.39 is 0 Å². The molecule has 0 saturated heterocycles. The lowest BCUT2D eigenvalue weighted by Crippen LogP contribution is -2.30. The number of carbonyl (C=O) groups excluding carboxylic acids is 1. The Kier molecular flexibility index (Phi) is 4.19. The summed E-state index contributed by atoms with van der Waals surface area (Å²) in [6.07, 6.45) is 0. The van der Waals surface area contributed by atoms with Crippen molar-refractivity contribution >= 4 is 27.7 Å². The lowest BCUT2D eigenvalue weighted by Gasteiger charge is -2.10. The molecular formula is C20H19N5O2. The lowest BCUT2D eigenvalue weighted by molar-refractivity contribution is 0.0944. The van der Waals surface area contributed by atoms with Gasteiger partial charge in [-0.2, -0.15) is 5.10 Å². The molecule has 0 fully saturated rings. The van der Waals surface area contributed by atoms with E-state index in [0.717, 1.165) is 23.4 Å². The molecule has 4 rings (SSSR count). The summed E-state index contributed by atoms with van der Waals surface area (Å²) in [5, 5.41) is 8.07. The van der Waals surface area contributed by atoms with Crippen LogP contribution in [0.25, 0.3) is 21.8 Å². The van der Waals surface area contributed by atoms with Gasteiger partial charge in [-0.05, 0) is 25.1 Å². The fourth-order valence-corrected chi connectivity index (χ4v) is 3.32. The number of aryl methyl sites for hydroxylation is 2. The molecule has 0 radical (unpaired) electrons. The molecule has 7 heteroatoms. The lowest BCUT2D eigenvalue weighted by atomic mass is 10.1. The Labute approximate surface area is 155 Å².